The first-order valence-corrected chi connectivity index (χ1v) is 8.49. The minimum atomic E-state index is -0.609. The zero-order chi connectivity index (χ0) is 18.7. The number of carbonyl (C=O) groups is 3. The van der Waals surface area contributed by atoms with E-state index in [9.17, 15) is 14.4 Å². The molecule has 0 aliphatic carbocycles. The second kappa shape index (κ2) is 7.67. The second-order valence-corrected chi connectivity index (χ2v) is 6.71. The summed E-state index contributed by atoms with van der Waals surface area (Å²) in [5.41, 5.74) is 2.95. The zero-order valence-electron chi connectivity index (χ0n) is 15.6. The Balaban J connectivity index is 2.03. The first-order valence-electron chi connectivity index (χ1n) is 8.49. The summed E-state index contributed by atoms with van der Waals surface area (Å²) in [5.74, 6) is -0.300. The third-order valence-electron chi connectivity index (χ3n) is 4.73. The summed E-state index contributed by atoms with van der Waals surface area (Å²) < 4.78 is 0. The Kier molecular flexibility index (Phi) is 5.81. The van der Waals surface area contributed by atoms with Gasteiger partial charge in [-0.1, -0.05) is 0 Å². The third kappa shape index (κ3) is 4.18. The number of aromatic amines is 1. The van der Waals surface area contributed by atoms with E-state index in [4.69, 9.17) is 0 Å². The van der Waals surface area contributed by atoms with Crippen molar-refractivity contribution < 1.29 is 14.4 Å². The fourth-order valence-corrected chi connectivity index (χ4v) is 3.23. The topological polar surface area (TPSA) is 89.6 Å². The van der Waals surface area contributed by atoms with Crippen molar-refractivity contribution in [2.24, 2.45) is 0 Å². The molecule has 8 nitrogen and oxygen atoms in total. The van der Waals surface area contributed by atoms with Crippen LogP contribution in [-0.2, 0) is 20.8 Å². The lowest BCUT2D eigenvalue weighted by Gasteiger charge is -2.41. The molecule has 8 heteroatoms. The first-order chi connectivity index (χ1) is 11.7. The van der Waals surface area contributed by atoms with Crippen molar-refractivity contribution in [3.8, 4) is 0 Å². The van der Waals surface area contributed by atoms with Gasteiger partial charge in [-0.3, -0.25) is 19.5 Å². The summed E-state index contributed by atoms with van der Waals surface area (Å²) in [6, 6.07) is -0.609. The largest absolute Gasteiger partial charge is 0.347 e. The predicted molar refractivity (Wildman–Crippen MR) is 92.8 cm³/mol. The molecule has 1 aromatic heterocycles. The van der Waals surface area contributed by atoms with Crippen LogP contribution in [0, 0.1) is 13.8 Å². The van der Waals surface area contributed by atoms with E-state index in [1.54, 1.807) is 23.9 Å². The highest BCUT2D eigenvalue weighted by Crippen LogP contribution is 2.16. The Morgan fingerprint density at radius 3 is 2.44 bits per heavy atom. The number of hydrogen-bond donors (Lipinski definition) is 1. The van der Waals surface area contributed by atoms with Crippen LogP contribution >= 0.6 is 0 Å². The van der Waals surface area contributed by atoms with Crippen molar-refractivity contribution in [3.05, 3.63) is 17.0 Å². The van der Waals surface area contributed by atoms with Crippen LogP contribution in [-0.4, -0.2) is 82.4 Å². The van der Waals surface area contributed by atoms with Crippen molar-refractivity contribution in [2.75, 3.05) is 33.7 Å². The molecule has 2 heterocycles. The lowest BCUT2D eigenvalue weighted by molar-refractivity contribution is -0.150. The predicted octanol–water partition coefficient (Wildman–Crippen LogP) is 0.107. The molecule has 1 aliphatic rings. The van der Waals surface area contributed by atoms with E-state index in [0.29, 0.717) is 25.9 Å². The number of hydrogen-bond acceptors (Lipinski definition) is 4. The lowest BCUT2D eigenvalue weighted by Crippen LogP contribution is -2.61. The number of aryl methyl sites for hydroxylation is 2. The number of carbonyl (C=O) groups excluding carboxylic acids is 3. The van der Waals surface area contributed by atoms with Gasteiger partial charge in [-0.15, -0.1) is 0 Å². The molecule has 1 aromatic rings. The maximum absolute atomic E-state index is 12.6. The lowest BCUT2D eigenvalue weighted by atomic mass is 10.1. The van der Waals surface area contributed by atoms with Gasteiger partial charge in [-0.25, -0.2) is 0 Å². The summed E-state index contributed by atoms with van der Waals surface area (Å²) in [4.78, 5) is 41.5. The molecule has 138 valence electrons. The van der Waals surface area contributed by atoms with Gasteiger partial charge in [0.15, 0.2) is 0 Å². The van der Waals surface area contributed by atoms with Crippen molar-refractivity contribution in [1.29, 1.82) is 0 Å². The van der Waals surface area contributed by atoms with Crippen molar-refractivity contribution >= 4 is 17.7 Å². The summed E-state index contributed by atoms with van der Waals surface area (Å²) in [7, 11) is 3.32. The average Bonchev–Trinajstić information content (AvgIpc) is 2.89. The SMILES string of the molecule is CC(=O)N1CCN(C(=O)CCc2c(C)n[nH]c2C)C[C@@H]1C(=O)N(C)C. The Hall–Kier alpha value is -2.38. The minimum absolute atomic E-state index is 0.000224. The molecule has 2 rings (SSSR count). The Labute approximate surface area is 148 Å². The smallest absolute Gasteiger partial charge is 0.246 e. The van der Waals surface area contributed by atoms with E-state index >= 15 is 0 Å². The van der Waals surface area contributed by atoms with Crippen LogP contribution in [0.3, 0.4) is 0 Å². The highest BCUT2D eigenvalue weighted by atomic mass is 16.2. The maximum atomic E-state index is 12.6. The zero-order valence-corrected chi connectivity index (χ0v) is 15.6. The summed E-state index contributed by atoms with van der Waals surface area (Å²) >= 11 is 0. The number of likely N-dealkylation sites (N-methyl/N-ethyl adjacent to an activating group) is 1. The molecular formula is C17H27N5O3. The molecule has 0 saturated carbocycles. The molecule has 1 saturated heterocycles. The van der Waals surface area contributed by atoms with Crippen molar-refractivity contribution in [2.45, 2.75) is 39.7 Å². The molecule has 0 spiro atoms. The van der Waals surface area contributed by atoms with E-state index in [0.717, 1.165) is 17.0 Å². The molecule has 1 N–H and O–H groups in total. The van der Waals surface area contributed by atoms with Gasteiger partial charge < -0.3 is 14.7 Å². The van der Waals surface area contributed by atoms with Crippen LogP contribution in [0.5, 0.6) is 0 Å². The Morgan fingerprint density at radius 2 is 1.92 bits per heavy atom. The van der Waals surface area contributed by atoms with Crippen LogP contribution in [0.25, 0.3) is 0 Å². The molecule has 3 amide bonds. The summed E-state index contributed by atoms with van der Waals surface area (Å²) in [6.45, 7) is 6.41. The monoisotopic (exact) mass is 349 g/mol. The molecule has 1 atom stereocenters. The van der Waals surface area contributed by atoms with E-state index < -0.39 is 6.04 Å². The van der Waals surface area contributed by atoms with Gasteiger partial charge in [0, 0.05) is 46.2 Å². The van der Waals surface area contributed by atoms with Crippen LogP contribution in [0.2, 0.25) is 0 Å². The van der Waals surface area contributed by atoms with Gasteiger partial charge in [0.25, 0.3) is 0 Å². The van der Waals surface area contributed by atoms with Crippen LogP contribution < -0.4 is 0 Å². The second-order valence-electron chi connectivity index (χ2n) is 6.71. The number of piperazine rings is 1. The van der Waals surface area contributed by atoms with Gasteiger partial charge in [-0.05, 0) is 25.8 Å². The molecule has 25 heavy (non-hydrogen) atoms. The molecule has 0 aromatic carbocycles. The third-order valence-corrected chi connectivity index (χ3v) is 4.73. The van der Waals surface area contributed by atoms with Gasteiger partial charge in [0.1, 0.15) is 6.04 Å². The van der Waals surface area contributed by atoms with Crippen molar-refractivity contribution in [3.63, 3.8) is 0 Å². The highest BCUT2D eigenvalue weighted by molar-refractivity contribution is 5.88. The number of nitrogens with zero attached hydrogens (tertiary/aromatic N) is 4. The summed E-state index contributed by atoms with van der Waals surface area (Å²) in [5, 5.41) is 7.07. The van der Waals surface area contributed by atoms with E-state index in [1.807, 2.05) is 13.8 Å². The number of amides is 3. The van der Waals surface area contributed by atoms with E-state index in [1.165, 1.54) is 11.8 Å². The van der Waals surface area contributed by atoms with Crippen LogP contribution in [0.1, 0.15) is 30.3 Å². The molecule has 1 fully saturated rings. The Bertz CT molecular complexity index is 648. The number of H-pyrrole nitrogens is 1. The van der Waals surface area contributed by atoms with Gasteiger partial charge >= 0.3 is 0 Å². The van der Waals surface area contributed by atoms with Gasteiger partial charge in [-0.2, -0.15) is 5.10 Å². The highest BCUT2D eigenvalue weighted by Gasteiger charge is 2.36. The van der Waals surface area contributed by atoms with E-state index in [-0.39, 0.29) is 24.3 Å². The molecule has 0 bridgehead atoms. The van der Waals surface area contributed by atoms with E-state index in [2.05, 4.69) is 10.2 Å². The minimum Gasteiger partial charge on any atom is -0.347 e. The fraction of sp³-hybridized carbons (Fsp3) is 0.647. The van der Waals surface area contributed by atoms with Crippen LogP contribution in [0.15, 0.2) is 0 Å². The van der Waals surface area contributed by atoms with Gasteiger partial charge in [0.05, 0.1) is 12.2 Å². The first kappa shape index (κ1) is 19.0. The summed E-state index contributed by atoms with van der Waals surface area (Å²) in [6.07, 6.45) is 0.983. The quantitative estimate of drug-likeness (QED) is 0.835. The number of nitrogens with one attached hydrogen (secondary N) is 1. The molecule has 1 aliphatic heterocycles. The van der Waals surface area contributed by atoms with Crippen LogP contribution in [0.4, 0.5) is 0 Å². The average molecular weight is 349 g/mol. The van der Waals surface area contributed by atoms with Crippen molar-refractivity contribution in [1.82, 2.24) is 24.9 Å². The normalized spacial score (nSPS) is 17.6. The number of aromatic nitrogens is 2. The molecule has 0 unspecified atom stereocenters. The Morgan fingerprint density at radius 1 is 1.24 bits per heavy atom. The van der Waals surface area contributed by atoms with Gasteiger partial charge in [0.2, 0.25) is 17.7 Å². The number of rotatable bonds is 4. The standard InChI is InChI=1S/C17H27N5O3/c1-11-14(12(2)19-18-11)6-7-16(24)21-8-9-22(13(3)23)15(10-21)17(25)20(4)5/h15H,6-10H2,1-5H3,(H,18,19)/t15-/m1/s1. The molecular weight excluding hydrogens is 322 g/mol. The maximum Gasteiger partial charge on any atom is 0.246 e. The molecule has 0 radical (unpaired) electrons. The fourth-order valence-electron chi connectivity index (χ4n) is 3.23.